The monoisotopic (exact) mass is 425 g/mol. The van der Waals surface area contributed by atoms with Crippen LogP contribution in [0.3, 0.4) is 0 Å². The minimum Gasteiger partial charge on any atom is -0.468 e. The third-order valence-corrected chi connectivity index (χ3v) is 5.31. The number of nitrogens with one attached hydrogen (secondary N) is 2. The Morgan fingerprint density at radius 1 is 1.03 bits per heavy atom. The largest absolute Gasteiger partial charge is 0.468 e. The van der Waals surface area contributed by atoms with Gasteiger partial charge >= 0.3 is 11.8 Å². The van der Waals surface area contributed by atoms with Gasteiger partial charge in [-0.1, -0.05) is 24.3 Å². The number of halogens is 2. The van der Waals surface area contributed by atoms with Crippen LogP contribution in [-0.4, -0.2) is 29.8 Å². The molecule has 1 aromatic heterocycles. The van der Waals surface area contributed by atoms with Gasteiger partial charge in [0.2, 0.25) is 0 Å². The molecule has 6 nitrogen and oxygen atoms in total. The molecule has 0 fully saturated rings. The number of carbonyl (C=O) groups excluding carboxylic acids is 2. The molecule has 1 aliphatic rings. The standard InChI is InChI=1S/C23H21F2N3O3/c24-17-7-8-18(25)19(12-17)27-23(30)22(29)26-13-20(21-6-3-11-31-21)28-10-9-15-4-1-2-5-16(15)14-28/h1-8,11-12,20H,9-10,13-14H2,(H,26,29)(H,27,30)/t20-/m1/s1. The molecule has 3 aromatic rings. The van der Waals surface area contributed by atoms with Crippen LogP contribution in [0.4, 0.5) is 14.5 Å². The zero-order chi connectivity index (χ0) is 21.8. The van der Waals surface area contributed by atoms with E-state index in [1.165, 1.54) is 11.1 Å². The van der Waals surface area contributed by atoms with Crippen molar-refractivity contribution >= 4 is 17.5 Å². The Hall–Kier alpha value is -3.52. The average Bonchev–Trinajstić information content (AvgIpc) is 3.30. The first-order valence-corrected chi connectivity index (χ1v) is 9.90. The fraction of sp³-hybridized carbons (Fsp3) is 0.217. The van der Waals surface area contributed by atoms with Crippen molar-refractivity contribution in [3.05, 3.63) is 89.4 Å². The highest BCUT2D eigenvalue weighted by Crippen LogP contribution is 2.28. The van der Waals surface area contributed by atoms with E-state index in [1.54, 1.807) is 12.3 Å². The fourth-order valence-corrected chi connectivity index (χ4v) is 3.72. The summed E-state index contributed by atoms with van der Waals surface area (Å²) in [5.74, 6) is -2.91. The van der Waals surface area contributed by atoms with Crippen LogP contribution in [-0.2, 0) is 22.6 Å². The molecule has 0 spiro atoms. The number of fused-ring (bicyclic) bond motifs is 1. The quantitative estimate of drug-likeness (QED) is 0.615. The molecule has 2 amide bonds. The third kappa shape index (κ3) is 4.80. The highest BCUT2D eigenvalue weighted by Gasteiger charge is 2.28. The number of rotatable bonds is 5. The van der Waals surface area contributed by atoms with E-state index in [0.717, 1.165) is 31.2 Å². The zero-order valence-corrected chi connectivity index (χ0v) is 16.6. The predicted molar refractivity (Wildman–Crippen MR) is 110 cm³/mol. The molecule has 0 aliphatic carbocycles. The molecule has 2 aromatic carbocycles. The molecule has 4 rings (SSSR count). The van der Waals surface area contributed by atoms with E-state index in [2.05, 4.69) is 27.7 Å². The van der Waals surface area contributed by atoms with Crippen molar-refractivity contribution in [3.8, 4) is 0 Å². The Labute approximate surface area is 177 Å². The Kier molecular flexibility index (Phi) is 6.08. The smallest absolute Gasteiger partial charge is 0.313 e. The first kappa shape index (κ1) is 20.7. The van der Waals surface area contributed by atoms with Crippen molar-refractivity contribution in [1.29, 1.82) is 0 Å². The second-order valence-electron chi connectivity index (χ2n) is 7.31. The molecule has 2 N–H and O–H groups in total. The maximum atomic E-state index is 13.7. The molecular weight excluding hydrogens is 404 g/mol. The first-order chi connectivity index (χ1) is 15.0. The van der Waals surface area contributed by atoms with E-state index in [1.807, 2.05) is 18.2 Å². The van der Waals surface area contributed by atoms with E-state index in [-0.39, 0.29) is 12.6 Å². The van der Waals surface area contributed by atoms with Gasteiger partial charge in [-0.15, -0.1) is 0 Å². The zero-order valence-electron chi connectivity index (χ0n) is 16.6. The predicted octanol–water partition coefficient (Wildman–Crippen LogP) is 3.41. The lowest BCUT2D eigenvalue weighted by atomic mass is 9.98. The summed E-state index contributed by atoms with van der Waals surface area (Å²) in [5, 5.41) is 4.68. The normalized spacial score (nSPS) is 14.5. The van der Waals surface area contributed by atoms with E-state index >= 15 is 0 Å². The van der Waals surface area contributed by atoms with Gasteiger partial charge in [-0.3, -0.25) is 14.5 Å². The highest BCUT2D eigenvalue weighted by molar-refractivity contribution is 6.39. The lowest BCUT2D eigenvalue weighted by molar-refractivity contribution is -0.136. The number of nitrogens with zero attached hydrogens (tertiary/aromatic N) is 1. The van der Waals surface area contributed by atoms with Crippen LogP contribution in [0.25, 0.3) is 0 Å². The number of amides is 2. The van der Waals surface area contributed by atoms with Crippen LogP contribution in [0.2, 0.25) is 0 Å². The lowest BCUT2D eigenvalue weighted by Gasteiger charge is -2.34. The van der Waals surface area contributed by atoms with Crippen LogP contribution < -0.4 is 10.6 Å². The summed E-state index contributed by atoms with van der Waals surface area (Å²) in [4.78, 5) is 26.6. The van der Waals surface area contributed by atoms with Crippen LogP contribution in [0.15, 0.2) is 65.3 Å². The van der Waals surface area contributed by atoms with Gasteiger partial charge in [0.25, 0.3) is 0 Å². The summed E-state index contributed by atoms with van der Waals surface area (Å²) in [5.41, 5.74) is 2.10. The Morgan fingerprint density at radius 3 is 2.61 bits per heavy atom. The molecular formula is C23H21F2N3O3. The molecule has 0 bridgehead atoms. The number of carbonyl (C=O) groups is 2. The van der Waals surface area contributed by atoms with Gasteiger partial charge in [0.15, 0.2) is 0 Å². The lowest BCUT2D eigenvalue weighted by Crippen LogP contribution is -2.43. The minimum atomic E-state index is -1.08. The SMILES string of the molecule is O=C(NC[C@H](c1ccco1)N1CCc2ccccc2C1)C(=O)Nc1cc(F)ccc1F. The molecule has 1 atom stereocenters. The van der Waals surface area contributed by atoms with E-state index in [0.29, 0.717) is 12.3 Å². The molecule has 0 radical (unpaired) electrons. The van der Waals surface area contributed by atoms with Gasteiger partial charge in [0, 0.05) is 25.7 Å². The average molecular weight is 425 g/mol. The van der Waals surface area contributed by atoms with Crippen molar-refractivity contribution < 1.29 is 22.8 Å². The van der Waals surface area contributed by atoms with E-state index < -0.39 is 29.1 Å². The van der Waals surface area contributed by atoms with Gasteiger partial charge in [-0.05, 0) is 41.8 Å². The maximum Gasteiger partial charge on any atom is 0.313 e. The number of hydrogen-bond donors (Lipinski definition) is 2. The third-order valence-electron chi connectivity index (χ3n) is 5.31. The first-order valence-electron chi connectivity index (χ1n) is 9.90. The summed E-state index contributed by atoms with van der Waals surface area (Å²) in [6.07, 6.45) is 2.42. The van der Waals surface area contributed by atoms with Crippen molar-refractivity contribution in [1.82, 2.24) is 10.2 Å². The van der Waals surface area contributed by atoms with Gasteiger partial charge in [0.1, 0.15) is 17.4 Å². The van der Waals surface area contributed by atoms with Gasteiger partial charge in [-0.2, -0.15) is 0 Å². The van der Waals surface area contributed by atoms with Crippen LogP contribution in [0.5, 0.6) is 0 Å². The molecule has 0 saturated carbocycles. The number of anilines is 1. The minimum absolute atomic E-state index is 0.119. The number of benzene rings is 2. The number of furan rings is 1. The molecule has 2 heterocycles. The summed E-state index contributed by atoms with van der Waals surface area (Å²) < 4.78 is 32.6. The van der Waals surface area contributed by atoms with Gasteiger partial charge in [-0.25, -0.2) is 8.78 Å². The maximum absolute atomic E-state index is 13.7. The highest BCUT2D eigenvalue weighted by atomic mass is 19.1. The molecule has 31 heavy (non-hydrogen) atoms. The topological polar surface area (TPSA) is 74.6 Å². The molecule has 160 valence electrons. The van der Waals surface area contributed by atoms with Crippen molar-refractivity contribution in [2.24, 2.45) is 0 Å². The molecule has 0 unspecified atom stereocenters. The Balaban J connectivity index is 1.43. The molecule has 8 heteroatoms. The fourth-order valence-electron chi connectivity index (χ4n) is 3.72. The van der Waals surface area contributed by atoms with Gasteiger partial charge in [0.05, 0.1) is 18.0 Å². The summed E-state index contributed by atoms with van der Waals surface area (Å²) in [7, 11) is 0. The summed E-state index contributed by atoms with van der Waals surface area (Å²) in [6, 6.07) is 14.1. The van der Waals surface area contributed by atoms with E-state index in [9.17, 15) is 18.4 Å². The van der Waals surface area contributed by atoms with Crippen molar-refractivity contribution in [3.63, 3.8) is 0 Å². The summed E-state index contributed by atoms with van der Waals surface area (Å²) in [6.45, 7) is 1.56. The Morgan fingerprint density at radius 2 is 1.84 bits per heavy atom. The molecule has 0 saturated heterocycles. The van der Waals surface area contributed by atoms with Crippen molar-refractivity contribution in [2.45, 2.75) is 19.0 Å². The van der Waals surface area contributed by atoms with Gasteiger partial charge < -0.3 is 15.1 Å². The van der Waals surface area contributed by atoms with Crippen LogP contribution >= 0.6 is 0 Å². The van der Waals surface area contributed by atoms with Crippen LogP contribution in [0.1, 0.15) is 22.9 Å². The molecule has 1 aliphatic heterocycles. The second kappa shape index (κ2) is 9.09. The summed E-state index contributed by atoms with van der Waals surface area (Å²) >= 11 is 0. The van der Waals surface area contributed by atoms with Crippen LogP contribution in [0, 0.1) is 11.6 Å². The number of hydrogen-bond acceptors (Lipinski definition) is 4. The second-order valence-corrected chi connectivity index (χ2v) is 7.31. The Bertz CT molecular complexity index is 1090. The van der Waals surface area contributed by atoms with E-state index in [4.69, 9.17) is 4.42 Å². The van der Waals surface area contributed by atoms with Crippen molar-refractivity contribution in [2.75, 3.05) is 18.4 Å².